The van der Waals surface area contributed by atoms with Crippen molar-refractivity contribution < 1.29 is 23.0 Å². The Labute approximate surface area is 118 Å². The number of ether oxygens (including phenoxy) is 1. The molecule has 2 atom stereocenters. The standard InChI is InChI=1S/C11H12Cl2F3NO2/c12-5-8(18)6-17-7-1-3-9(4-2-7)19-11(15,16)10(13)14/h1-4,8,10,17-18H,5-6H2. The molecule has 0 aromatic heterocycles. The van der Waals surface area contributed by atoms with Crippen LogP contribution >= 0.6 is 23.2 Å². The molecule has 0 spiro atoms. The molecule has 0 saturated carbocycles. The number of hydrogen-bond donors (Lipinski definition) is 2. The van der Waals surface area contributed by atoms with Crippen molar-refractivity contribution in [2.75, 3.05) is 17.7 Å². The van der Waals surface area contributed by atoms with Gasteiger partial charge in [0, 0.05) is 12.2 Å². The molecule has 2 unspecified atom stereocenters. The Morgan fingerprint density at radius 1 is 1.32 bits per heavy atom. The van der Waals surface area contributed by atoms with Gasteiger partial charge in [0.15, 0.2) is 0 Å². The zero-order valence-corrected chi connectivity index (χ0v) is 11.1. The first-order valence-electron chi connectivity index (χ1n) is 5.28. The highest BCUT2D eigenvalue weighted by Gasteiger charge is 2.42. The number of benzene rings is 1. The van der Waals surface area contributed by atoms with Gasteiger partial charge in [-0.15, -0.1) is 11.6 Å². The molecule has 0 saturated heterocycles. The number of alkyl halides is 5. The molecule has 0 aliphatic heterocycles. The maximum atomic E-state index is 12.8. The fourth-order valence-corrected chi connectivity index (χ4v) is 1.29. The number of aliphatic hydroxyl groups is 1. The van der Waals surface area contributed by atoms with Gasteiger partial charge in [-0.25, -0.2) is 4.39 Å². The van der Waals surface area contributed by atoms with Crippen LogP contribution in [0.3, 0.4) is 0 Å². The largest absolute Gasteiger partial charge is 0.444 e. The summed E-state index contributed by atoms with van der Waals surface area (Å²) in [6.45, 7) is 0.216. The summed E-state index contributed by atoms with van der Waals surface area (Å²) in [5, 5.41) is 12.0. The summed E-state index contributed by atoms with van der Waals surface area (Å²) in [6, 6.07) is 5.33. The Bertz CT molecular complexity index is 390. The van der Waals surface area contributed by atoms with E-state index >= 15 is 0 Å². The van der Waals surface area contributed by atoms with Crippen molar-refractivity contribution in [1.29, 1.82) is 0 Å². The minimum absolute atomic E-state index is 0.0774. The van der Waals surface area contributed by atoms with Gasteiger partial charge in [-0.05, 0) is 24.3 Å². The molecular weight excluding hydrogens is 306 g/mol. The van der Waals surface area contributed by atoms with Crippen LogP contribution in [0.15, 0.2) is 24.3 Å². The summed E-state index contributed by atoms with van der Waals surface area (Å²) in [4.78, 5) is 0. The van der Waals surface area contributed by atoms with E-state index in [-0.39, 0.29) is 18.2 Å². The van der Waals surface area contributed by atoms with Crippen molar-refractivity contribution in [3.63, 3.8) is 0 Å². The first-order valence-corrected chi connectivity index (χ1v) is 6.25. The van der Waals surface area contributed by atoms with E-state index in [1.54, 1.807) is 0 Å². The summed E-state index contributed by atoms with van der Waals surface area (Å²) < 4.78 is 42.1. The van der Waals surface area contributed by atoms with E-state index in [0.717, 1.165) is 0 Å². The molecule has 0 amide bonds. The molecule has 19 heavy (non-hydrogen) atoms. The Morgan fingerprint density at radius 2 is 1.89 bits per heavy atom. The van der Waals surface area contributed by atoms with E-state index in [1.807, 2.05) is 0 Å². The van der Waals surface area contributed by atoms with Gasteiger partial charge in [0.25, 0.3) is 5.63 Å². The smallest absolute Gasteiger partial charge is 0.429 e. The van der Waals surface area contributed by atoms with Crippen molar-refractivity contribution >= 4 is 28.9 Å². The fraction of sp³-hybridized carbons (Fsp3) is 0.455. The normalized spacial score (nSPS) is 14.8. The summed E-state index contributed by atoms with van der Waals surface area (Å²) in [6.07, 6.45) is -4.81. The molecule has 2 N–H and O–H groups in total. The van der Waals surface area contributed by atoms with Gasteiger partial charge in [0.05, 0.1) is 12.0 Å². The average molecular weight is 318 g/mol. The van der Waals surface area contributed by atoms with Crippen molar-refractivity contribution in [2.24, 2.45) is 0 Å². The Hall–Kier alpha value is -0.850. The quantitative estimate of drug-likeness (QED) is 0.759. The summed E-state index contributed by atoms with van der Waals surface area (Å²) in [7, 11) is 0. The highest BCUT2D eigenvalue weighted by molar-refractivity contribution is 6.20. The van der Waals surface area contributed by atoms with E-state index in [0.29, 0.717) is 5.69 Å². The predicted molar refractivity (Wildman–Crippen MR) is 68.0 cm³/mol. The lowest BCUT2D eigenvalue weighted by Gasteiger charge is -2.18. The van der Waals surface area contributed by atoms with Crippen LogP contribution in [-0.2, 0) is 0 Å². The van der Waals surface area contributed by atoms with Crippen LogP contribution in [-0.4, -0.2) is 35.4 Å². The lowest BCUT2D eigenvalue weighted by atomic mass is 10.3. The molecule has 0 heterocycles. The highest BCUT2D eigenvalue weighted by Crippen LogP contribution is 2.29. The minimum atomic E-state index is -4.09. The third-order valence-electron chi connectivity index (χ3n) is 2.08. The topological polar surface area (TPSA) is 41.5 Å². The highest BCUT2D eigenvalue weighted by atomic mass is 35.5. The van der Waals surface area contributed by atoms with E-state index in [2.05, 4.69) is 21.7 Å². The SMILES string of the molecule is OC(CCl)CNc1ccc(OC(F)(F)C(F)Cl)cc1. The molecule has 0 aliphatic carbocycles. The van der Waals surface area contributed by atoms with E-state index < -0.39 is 17.8 Å². The van der Waals surface area contributed by atoms with Crippen LogP contribution in [0, 0.1) is 0 Å². The van der Waals surface area contributed by atoms with Crippen molar-refractivity contribution in [3.8, 4) is 5.75 Å². The van der Waals surface area contributed by atoms with Gasteiger partial charge in [-0.2, -0.15) is 8.78 Å². The summed E-state index contributed by atoms with van der Waals surface area (Å²) in [5.41, 5.74) is -2.35. The second-order valence-corrected chi connectivity index (χ2v) is 4.37. The van der Waals surface area contributed by atoms with Crippen molar-refractivity contribution in [1.82, 2.24) is 0 Å². The average Bonchev–Trinajstić information content (AvgIpc) is 2.37. The van der Waals surface area contributed by atoms with Gasteiger partial charge in [0.2, 0.25) is 0 Å². The van der Waals surface area contributed by atoms with Crippen LogP contribution in [0.2, 0.25) is 0 Å². The van der Waals surface area contributed by atoms with Crippen LogP contribution in [0.1, 0.15) is 0 Å². The van der Waals surface area contributed by atoms with Crippen LogP contribution in [0.4, 0.5) is 18.9 Å². The van der Waals surface area contributed by atoms with Gasteiger partial charge in [-0.1, -0.05) is 11.6 Å². The third-order valence-corrected chi connectivity index (χ3v) is 2.69. The maximum Gasteiger partial charge on any atom is 0.444 e. The minimum Gasteiger partial charge on any atom is -0.429 e. The monoisotopic (exact) mass is 317 g/mol. The lowest BCUT2D eigenvalue weighted by Crippen LogP contribution is -2.32. The van der Waals surface area contributed by atoms with E-state index in [1.165, 1.54) is 24.3 Å². The molecular formula is C11H12Cl2F3NO2. The molecule has 0 fully saturated rings. The number of anilines is 1. The van der Waals surface area contributed by atoms with E-state index in [9.17, 15) is 18.3 Å². The molecule has 0 bridgehead atoms. The number of halogens is 5. The maximum absolute atomic E-state index is 12.8. The fourth-order valence-electron chi connectivity index (χ4n) is 1.13. The van der Waals surface area contributed by atoms with Crippen LogP contribution in [0.5, 0.6) is 5.75 Å². The van der Waals surface area contributed by atoms with Gasteiger partial charge >= 0.3 is 6.11 Å². The molecule has 0 aliphatic rings. The lowest BCUT2D eigenvalue weighted by molar-refractivity contribution is -0.199. The second-order valence-electron chi connectivity index (χ2n) is 3.68. The second kappa shape index (κ2) is 7.07. The van der Waals surface area contributed by atoms with Crippen LogP contribution < -0.4 is 10.1 Å². The van der Waals surface area contributed by atoms with Crippen molar-refractivity contribution in [2.45, 2.75) is 17.8 Å². The summed E-state index contributed by atoms with van der Waals surface area (Å²) >= 11 is 10.1. The molecule has 1 aromatic carbocycles. The van der Waals surface area contributed by atoms with Gasteiger partial charge in [-0.3, -0.25) is 0 Å². The first-order chi connectivity index (χ1) is 8.85. The zero-order valence-electron chi connectivity index (χ0n) is 9.62. The number of rotatable bonds is 7. The van der Waals surface area contributed by atoms with Crippen molar-refractivity contribution in [3.05, 3.63) is 24.3 Å². The predicted octanol–water partition coefficient (Wildman–Crippen LogP) is 3.20. The van der Waals surface area contributed by atoms with Gasteiger partial charge in [0.1, 0.15) is 5.75 Å². The molecule has 108 valence electrons. The number of nitrogens with one attached hydrogen (secondary N) is 1. The Balaban J connectivity index is 2.57. The molecule has 1 aromatic rings. The molecule has 1 rings (SSSR count). The van der Waals surface area contributed by atoms with E-state index in [4.69, 9.17) is 11.6 Å². The molecule has 8 heteroatoms. The number of aliphatic hydroxyl groups excluding tert-OH is 1. The summed E-state index contributed by atoms with van der Waals surface area (Å²) in [5.74, 6) is -0.148. The first kappa shape index (κ1) is 16.2. The Kier molecular flexibility index (Phi) is 6.03. The number of hydrogen-bond acceptors (Lipinski definition) is 3. The third kappa shape index (κ3) is 5.34. The molecule has 3 nitrogen and oxygen atoms in total. The van der Waals surface area contributed by atoms with Gasteiger partial charge < -0.3 is 15.2 Å². The zero-order chi connectivity index (χ0) is 14.5. The van der Waals surface area contributed by atoms with Crippen LogP contribution in [0.25, 0.3) is 0 Å². The Morgan fingerprint density at radius 3 is 2.37 bits per heavy atom. The molecule has 0 radical (unpaired) electrons.